The lowest BCUT2D eigenvalue weighted by Crippen LogP contribution is -2.34. The average molecular weight is 242 g/mol. The Hall–Kier alpha value is -0.120. The third-order valence-electron chi connectivity index (χ3n) is 3.49. The fourth-order valence-electron chi connectivity index (χ4n) is 2.26. The fraction of sp³-hybridized carbons (Fsp3) is 1.00. The minimum Gasteiger partial charge on any atom is -0.337 e. The highest BCUT2D eigenvalue weighted by Crippen LogP contribution is 2.18. The van der Waals surface area contributed by atoms with Gasteiger partial charge in [-0.05, 0) is 12.8 Å². The predicted molar refractivity (Wildman–Crippen MR) is 72.7 cm³/mol. The predicted octanol–water partition coefficient (Wildman–Crippen LogP) is 3.14. The molecule has 1 rings (SSSR count). The summed E-state index contributed by atoms with van der Waals surface area (Å²) in [5, 5.41) is 3.53. The molecule has 1 saturated heterocycles. The Morgan fingerprint density at radius 3 is 2.06 bits per heavy atom. The van der Waals surface area contributed by atoms with E-state index in [1.165, 1.54) is 57.8 Å². The summed E-state index contributed by atoms with van der Waals surface area (Å²) in [5.41, 5.74) is 5.66. The molecule has 1 fully saturated rings. The normalized spacial score (nSPS) is 24.9. The minimum absolute atomic E-state index is 0.0562. The van der Waals surface area contributed by atoms with E-state index >= 15 is 0 Å². The highest BCUT2D eigenvalue weighted by molar-refractivity contribution is 4.81. The van der Waals surface area contributed by atoms with Crippen molar-refractivity contribution in [2.45, 2.75) is 90.1 Å². The van der Waals surface area contributed by atoms with Crippen molar-refractivity contribution in [3.05, 3.63) is 0 Å². The van der Waals surface area contributed by atoms with Crippen LogP contribution < -0.4 is 11.1 Å². The first-order chi connectivity index (χ1) is 8.27. The summed E-state index contributed by atoms with van der Waals surface area (Å²) >= 11 is 0. The molecule has 0 bridgehead atoms. The van der Waals surface area contributed by atoms with Crippen molar-refractivity contribution in [2.75, 3.05) is 0 Å². The van der Waals surface area contributed by atoms with Crippen LogP contribution in [0.4, 0.5) is 0 Å². The molecule has 0 amide bonds. The molecule has 3 atom stereocenters. The first-order valence-electron chi connectivity index (χ1n) is 7.45. The van der Waals surface area contributed by atoms with Gasteiger partial charge < -0.3 is 10.5 Å². The molecule has 102 valence electrons. The number of epoxide rings is 1. The van der Waals surface area contributed by atoms with Gasteiger partial charge in [0.2, 0.25) is 0 Å². The van der Waals surface area contributed by atoms with E-state index in [2.05, 4.69) is 19.2 Å². The van der Waals surface area contributed by atoms with E-state index < -0.39 is 0 Å². The van der Waals surface area contributed by atoms with Gasteiger partial charge in [-0.1, -0.05) is 58.8 Å². The van der Waals surface area contributed by atoms with Crippen LogP contribution in [0, 0.1) is 0 Å². The molecular weight excluding hydrogens is 212 g/mol. The standard InChI is InChI=1S/C14H30N2O/c1-3-5-7-9-11-12(10-8-6-4-2)16-14-13(15)17-14/h12-14,16H,3-11,15H2,1-2H3. The van der Waals surface area contributed by atoms with Crippen molar-refractivity contribution in [3.8, 4) is 0 Å². The van der Waals surface area contributed by atoms with E-state index in [0.29, 0.717) is 6.04 Å². The molecule has 0 aromatic carbocycles. The quantitative estimate of drug-likeness (QED) is 0.432. The average Bonchev–Trinajstić information content (AvgIpc) is 3.00. The molecule has 0 radical (unpaired) electrons. The van der Waals surface area contributed by atoms with Crippen molar-refractivity contribution in [3.63, 3.8) is 0 Å². The number of unbranched alkanes of at least 4 members (excludes halogenated alkanes) is 5. The van der Waals surface area contributed by atoms with Crippen LogP contribution in [0.15, 0.2) is 0 Å². The second-order valence-corrected chi connectivity index (χ2v) is 5.23. The Kier molecular flexibility index (Phi) is 7.82. The first kappa shape index (κ1) is 14.9. The number of nitrogens with one attached hydrogen (secondary N) is 1. The van der Waals surface area contributed by atoms with Crippen LogP contribution in [0.25, 0.3) is 0 Å². The summed E-state index contributed by atoms with van der Waals surface area (Å²) in [5.74, 6) is 0. The highest BCUT2D eigenvalue weighted by atomic mass is 16.6. The number of hydrogen-bond donors (Lipinski definition) is 2. The first-order valence-corrected chi connectivity index (χ1v) is 7.45. The summed E-state index contributed by atoms with van der Waals surface area (Å²) in [6.07, 6.45) is 11.9. The Bertz CT molecular complexity index is 187. The molecule has 0 spiro atoms. The van der Waals surface area contributed by atoms with Gasteiger partial charge in [0.25, 0.3) is 0 Å². The van der Waals surface area contributed by atoms with Crippen molar-refractivity contribution in [1.82, 2.24) is 5.32 Å². The highest BCUT2D eigenvalue weighted by Gasteiger charge is 2.36. The molecule has 3 unspecified atom stereocenters. The second kappa shape index (κ2) is 8.90. The van der Waals surface area contributed by atoms with Gasteiger partial charge in [0.05, 0.1) is 0 Å². The molecule has 3 heteroatoms. The Morgan fingerprint density at radius 2 is 1.53 bits per heavy atom. The zero-order chi connectivity index (χ0) is 12.5. The fourth-order valence-corrected chi connectivity index (χ4v) is 2.26. The van der Waals surface area contributed by atoms with Crippen LogP contribution in [-0.4, -0.2) is 18.5 Å². The van der Waals surface area contributed by atoms with E-state index in [0.717, 1.165) is 0 Å². The van der Waals surface area contributed by atoms with E-state index in [1.807, 2.05) is 0 Å². The van der Waals surface area contributed by atoms with Crippen LogP contribution in [0.3, 0.4) is 0 Å². The largest absolute Gasteiger partial charge is 0.337 e. The lowest BCUT2D eigenvalue weighted by Gasteiger charge is -2.17. The monoisotopic (exact) mass is 242 g/mol. The van der Waals surface area contributed by atoms with Crippen molar-refractivity contribution < 1.29 is 4.74 Å². The zero-order valence-electron chi connectivity index (χ0n) is 11.6. The molecule has 1 aliphatic rings. The molecular formula is C14H30N2O. The van der Waals surface area contributed by atoms with Gasteiger partial charge in [0, 0.05) is 6.04 Å². The minimum atomic E-state index is -0.0562. The van der Waals surface area contributed by atoms with Crippen LogP contribution in [0.2, 0.25) is 0 Å². The zero-order valence-corrected chi connectivity index (χ0v) is 11.6. The van der Waals surface area contributed by atoms with E-state index in [9.17, 15) is 0 Å². The molecule has 3 N–H and O–H groups in total. The summed E-state index contributed by atoms with van der Waals surface area (Å²) in [6, 6.07) is 0.608. The van der Waals surface area contributed by atoms with Gasteiger partial charge in [-0.2, -0.15) is 0 Å². The summed E-state index contributed by atoms with van der Waals surface area (Å²) in [6.45, 7) is 4.51. The van der Waals surface area contributed by atoms with Crippen molar-refractivity contribution in [1.29, 1.82) is 0 Å². The Labute approximate surface area is 106 Å². The van der Waals surface area contributed by atoms with Crippen LogP contribution in [0.5, 0.6) is 0 Å². The summed E-state index contributed by atoms with van der Waals surface area (Å²) in [4.78, 5) is 0. The molecule has 0 aromatic rings. The molecule has 17 heavy (non-hydrogen) atoms. The second-order valence-electron chi connectivity index (χ2n) is 5.23. The lowest BCUT2D eigenvalue weighted by molar-refractivity contribution is 0.308. The SMILES string of the molecule is CCCCCCC(CCCCC)NC1OC1N. The molecule has 0 saturated carbocycles. The van der Waals surface area contributed by atoms with Gasteiger partial charge in [-0.3, -0.25) is 5.32 Å². The maximum atomic E-state index is 5.66. The number of nitrogens with two attached hydrogens (primary N) is 1. The lowest BCUT2D eigenvalue weighted by atomic mass is 10.0. The van der Waals surface area contributed by atoms with Gasteiger partial charge in [-0.15, -0.1) is 0 Å². The van der Waals surface area contributed by atoms with Gasteiger partial charge in [0.1, 0.15) is 6.23 Å². The van der Waals surface area contributed by atoms with E-state index in [4.69, 9.17) is 10.5 Å². The van der Waals surface area contributed by atoms with Crippen molar-refractivity contribution in [2.24, 2.45) is 5.73 Å². The molecule has 0 aromatic heterocycles. The molecule has 3 nitrogen and oxygen atoms in total. The van der Waals surface area contributed by atoms with Crippen LogP contribution in [-0.2, 0) is 4.74 Å². The third-order valence-corrected chi connectivity index (χ3v) is 3.49. The smallest absolute Gasteiger partial charge is 0.150 e. The Balaban J connectivity index is 2.11. The maximum absolute atomic E-state index is 5.66. The molecule has 0 aliphatic carbocycles. The van der Waals surface area contributed by atoms with Gasteiger partial charge in [-0.25, -0.2) is 0 Å². The molecule has 1 aliphatic heterocycles. The van der Waals surface area contributed by atoms with Crippen LogP contribution in [0.1, 0.15) is 71.6 Å². The van der Waals surface area contributed by atoms with Crippen molar-refractivity contribution >= 4 is 0 Å². The summed E-state index contributed by atoms with van der Waals surface area (Å²) < 4.78 is 5.25. The topological polar surface area (TPSA) is 50.6 Å². The van der Waals surface area contributed by atoms with Crippen LogP contribution >= 0.6 is 0 Å². The maximum Gasteiger partial charge on any atom is 0.150 e. The van der Waals surface area contributed by atoms with Gasteiger partial charge >= 0.3 is 0 Å². The number of hydrogen-bond acceptors (Lipinski definition) is 3. The van der Waals surface area contributed by atoms with Gasteiger partial charge in [0.15, 0.2) is 6.23 Å². The van der Waals surface area contributed by atoms with E-state index in [1.54, 1.807) is 0 Å². The Morgan fingerprint density at radius 1 is 1.00 bits per heavy atom. The third kappa shape index (κ3) is 7.02. The molecule has 1 heterocycles. The number of rotatable bonds is 11. The van der Waals surface area contributed by atoms with E-state index in [-0.39, 0.29) is 12.5 Å². The number of ether oxygens (including phenoxy) is 1. The summed E-state index contributed by atoms with van der Waals surface area (Å²) in [7, 11) is 0.